The van der Waals surface area contributed by atoms with E-state index in [1.807, 2.05) is 0 Å². The van der Waals surface area contributed by atoms with Crippen molar-refractivity contribution in [3.05, 3.63) is 17.5 Å². The molecule has 0 bridgehead atoms. The van der Waals surface area contributed by atoms with Gasteiger partial charge in [0.05, 0.1) is 11.8 Å². The van der Waals surface area contributed by atoms with Gasteiger partial charge in [-0.05, 0) is 27.7 Å². The Morgan fingerprint density at radius 3 is 2.39 bits per heavy atom. The van der Waals surface area contributed by atoms with E-state index >= 15 is 0 Å². The first-order chi connectivity index (χ1) is 8.23. The number of nitrogens with zero attached hydrogens (tertiary/aromatic N) is 3. The van der Waals surface area contributed by atoms with Crippen molar-refractivity contribution in [1.29, 1.82) is 0 Å². The molecule has 0 atom stereocenters. The highest BCUT2D eigenvalue weighted by atomic mass is 16.4. The molecule has 6 nitrogen and oxygen atoms in total. The van der Waals surface area contributed by atoms with Crippen molar-refractivity contribution in [3.63, 3.8) is 0 Å². The van der Waals surface area contributed by atoms with E-state index in [0.717, 1.165) is 5.69 Å². The van der Waals surface area contributed by atoms with E-state index in [1.165, 1.54) is 24.9 Å². The number of rotatable bonds is 4. The van der Waals surface area contributed by atoms with E-state index < -0.39 is 11.5 Å². The van der Waals surface area contributed by atoms with E-state index in [4.69, 9.17) is 0 Å². The average molecular weight is 253 g/mol. The summed E-state index contributed by atoms with van der Waals surface area (Å²) in [7, 11) is 1.74. The quantitative estimate of drug-likeness (QED) is 0.870. The van der Waals surface area contributed by atoms with Crippen LogP contribution in [0.4, 0.5) is 0 Å². The van der Waals surface area contributed by atoms with Crippen LogP contribution >= 0.6 is 0 Å². The maximum atomic E-state index is 12.4. The second-order valence-corrected chi connectivity index (χ2v) is 4.68. The van der Waals surface area contributed by atoms with E-state index in [1.54, 1.807) is 25.6 Å². The fourth-order valence-electron chi connectivity index (χ4n) is 1.76. The van der Waals surface area contributed by atoms with Crippen molar-refractivity contribution in [2.75, 3.05) is 6.54 Å². The van der Waals surface area contributed by atoms with E-state index in [9.17, 15) is 14.7 Å². The first kappa shape index (κ1) is 14.2. The number of carboxylic acids is 1. The van der Waals surface area contributed by atoms with Gasteiger partial charge in [-0.1, -0.05) is 0 Å². The van der Waals surface area contributed by atoms with Gasteiger partial charge in [-0.3, -0.25) is 9.48 Å². The zero-order chi connectivity index (χ0) is 14.1. The van der Waals surface area contributed by atoms with Crippen molar-refractivity contribution in [2.24, 2.45) is 7.05 Å². The predicted molar refractivity (Wildman–Crippen MR) is 66.4 cm³/mol. The van der Waals surface area contributed by atoms with Gasteiger partial charge in [-0.15, -0.1) is 0 Å². The molecule has 1 N–H and O–H groups in total. The largest absolute Gasteiger partial charge is 0.480 e. The highest BCUT2D eigenvalue weighted by Crippen LogP contribution is 2.19. The molecule has 6 heteroatoms. The number of aliphatic carboxylic acids is 1. The summed E-state index contributed by atoms with van der Waals surface area (Å²) in [5.74, 6) is -1.34. The van der Waals surface area contributed by atoms with Crippen LogP contribution < -0.4 is 0 Å². The maximum Gasteiger partial charge on any atom is 0.329 e. The molecule has 100 valence electrons. The standard InChI is InChI=1S/C12H19N3O3/c1-6-15(12(3,4)11(17)18)10(16)9-7-13-14(5)8(9)2/h7H,6H2,1-5H3,(H,17,18). The minimum Gasteiger partial charge on any atom is -0.480 e. The first-order valence-corrected chi connectivity index (χ1v) is 5.77. The van der Waals surface area contributed by atoms with Gasteiger partial charge in [-0.2, -0.15) is 5.10 Å². The van der Waals surface area contributed by atoms with Gasteiger partial charge < -0.3 is 10.0 Å². The smallest absolute Gasteiger partial charge is 0.329 e. The molecule has 1 rings (SSSR count). The number of aryl methyl sites for hydroxylation is 1. The fourth-order valence-corrected chi connectivity index (χ4v) is 1.76. The van der Waals surface area contributed by atoms with E-state index in [2.05, 4.69) is 5.10 Å². The molecule has 0 unspecified atom stereocenters. The minimum absolute atomic E-state index is 0.310. The molecule has 0 saturated heterocycles. The molecular weight excluding hydrogens is 234 g/mol. The Hall–Kier alpha value is -1.85. The summed E-state index contributed by atoms with van der Waals surface area (Å²) in [6, 6.07) is 0. The lowest BCUT2D eigenvalue weighted by Gasteiger charge is -2.34. The Bertz CT molecular complexity index is 477. The Balaban J connectivity index is 3.15. The van der Waals surface area contributed by atoms with Gasteiger partial charge in [0.25, 0.3) is 5.91 Å². The zero-order valence-electron chi connectivity index (χ0n) is 11.4. The minimum atomic E-state index is -1.24. The number of hydrogen-bond acceptors (Lipinski definition) is 3. The molecular formula is C12H19N3O3. The normalized spacial score (nSPS) is 11.4. The molecule has 1 aromatic heterocycles. The van der Waals surface area contributed by atoms with Crippen molar-refractivity contribution < 1.29 is 14.7 Å². The molecule has 0 fully saturated rings. The van der Waals surface area contributed by atoms with Crippen LogP contribution in [0.3, 0.4) is 0 Å². The van der Waals surface area contributed by atoms with Crippen LogP contribution in [-0.2, 0) is 11.8 Å². The summed E-state index contributed by atoms with van der Waals surface area (Å²) >= 11 is 0. The third-order valence-electron chi connectivity index (χ3n) is 3.23. The summed E-state index contributed by atoms with van der Waals surface area (Å²) < 4.78 is 1.59. The lowest BCUT2D eigenvalue weighted by atomic mass is 10.0. The molecule has 18 heavy (non-hydrogen) atoms. The summed E-state index contributed by atoms with van der Waals surface area (Å²) in [5.41, 5.74) is -0.0815. The molecule has 1 aromatic rings. The number of likely N-dealkylation sites (N-methyl/N-ethyl adjacent to an activating group) is 1. The lowest BCUT2D eigenvalue weighted by molar-refractivity contribution is -0.147. The molecule has 1 heterocycles. The second kappa shape index (κ2) is 4.80. The average Bonchev–Trinajstić information content (AvgIpc) is 2.60. The SMILES string of the molecule is CCN(C(=O)c1cnn(C)c1C)C(C)(C)C(=O)O. The van der Waals surface area contributed by atoms with Crippen LogP contribution in [0.2, 0.25) is 0 Å². The van der Waals surface area contributed by atoms with Crippen molar-refractivity contribution in [1.82, 2.24) is 14.7 Å². The molecule has 0 aliphatic heterocycles. The van der Waals surface area contributed by atoms with E-state index in [-0.39, 0.29) is 5.91 Å². The molecule has 1 amide bonds. The first-order valence-electron chi connectivity index (χ1n) is 5.77. The molecule has 0 spiro atoms. The van der Waals surface area contributed by atoms with Crippen LogP contribution in [0.5, 0.6) is 0 Å². The van der Waals surface area contributed by atoms with Gasteiger partial charge in [0.1, 0.15) is 5.54 Å². The van der Waals surface area contributed by atoms with Gasteiger partial charge >= 0.3 is 5.97 Å². The zero-order valence-corrected chi connectivity index (χ0v) is 11.4. The Kier molecular flexibility index (Phi) is 3.79. The second-order valence-electron chi connectivity index (χ2n) is 4.68. The maximum absolute atomic E-state index is 12.4. The van der Waals surface area contributed by atoms with Crippen LogP contribution in [-0.4, -0.2) is 43.7 Å². The van der Waals surface area contributed by atoms with Crippen LogP contribution in [0.1, 0.15) is 36.8 Å². The Labute approximate surface area is 106 Å². The third kappa shape index (κ3) is 2.23. The van der Waals surface area contributed by atoms with Gasteiger partial charge in [0, 0.05) is 19.3 Å². The molecule has 0 radical (unpaired) electrons. The van der Waals surface area contributed by atoms with Crippen molar-refractivity contribution >= 4 is 11.9 Å². The molecule has 0 aromatic carbocycles. The van der Waals surface area contributed by atoms with Crippen molar-refractivity contribution in [2.45, 2.75) is 33.2 Å². The Morgan fingerprint density at radius 2 is 2.06 bits per heavy atom. The molecule has 0 aliphatic rings. The van der Waals surface area contributed by atoms with Crippen molar-refractivity contribution in [3.8, 4) is 0 Å². The van der Waals surface area contributed by atoms with Gasteiger partial charge in [-0.25, -0.2) is 4.79 Å². The summed E-state index contributed by atoms with van der Waals surface area (Å²) in [5, 5.41) is 13.2. The number of carboxylic acid groups (broad SMARTS) is 1. The van der Waals surface area contributed by atoms with Crippen LogP contribution in [0.15, 0.2) is 6.20 Å². The number of hydrogen-bond donors (Lipinski definition) is 1. The molecule has 0 saturated carbocycles. The number of carbonyl (C=O) groups excluding carboxylic acids is 1. The van der Waals surface area contributed by atoms with Crippen LogP contribution in [0.25, 0.3) is 0 Å². The highest BCUT2D eigenvalue weighted by molar-refractivity contribution is 5.98. The number of amides is 1. The number of carbonyl (C=O) groups is 2. The van der Waals surface area contributed by atoms with Gasteiger partial charge in [0.15, 0.2) is 0 Å². The van der Waals surface area contributed by atoms with Crippen LogP contribution in [0, 0.1) is 6.92 Å². The Morgan fingerprint density at radius 1 is 1.50 bits per heavy atom. The number of aromatic nitrogens is 2. The lowest BCUT2D eigenvalue weighted by Crippen LogP contribution is -2.53. The summed E-state index contributed by atoms with van der Waals surface area (Å²) in [6.45, 7) is 6.90. The van der Waals surface area contributed by atoms with E-state index in [0.29, 0.717) is 12.1 Å². The fraction of sp³-hybridized carbons (Fsp3) is 0.583. The third-order valence-corrected chi connectivity index (χ3v) is 3.23. The highest BCUT2D eigenvalue weighted by Gasteiger charge is 2.38. The summed E-state index contributed by atoms with van der Waals surface area (Å²) in [4.78, 5) is 24.9. The molecule has 0 aliphatic carbocycles. The van der Waals surface area contributed by atoms with Gasteiger partial charge in [0.2, 0.25) is 0 Å². The topological polar surface area (TPSA) is 75.4 Å². The predicted octanol–water partition coefficient (Wildman–Crippen LogP) is 1.05. The monoisotopic (exact) mass is 253 g/mol. The summed E-state index contributed by atoms with van der Waals surface area (Å²) in [6.07, 6.45) is 1.47.